The molecule has 0 radical (unpaired) electrons. The van der Waals surface area contributed by atoms with E-state index in [1.54, 1.807) is 57.2 Å². The zero-order chi connectivity index (χ0) is 41.0. The fourth-order valence-corrected chi connectivity index (χ4v) is 5.55. The van der Waals surface area contributed by atoms with Gasteiger partial charge in [-0.25, -0.2) is 26.4 Å². The van der Waals surface area contributed by atoms with E-state index in [1.165, 1.54) is 0 Å². The van der Waals surface area contributed by atoms with Crippen LogP contribution in [0.1, 0.15) is 58.4 Å². The monoisotopic (exact) mass is 811 g/mol. The van der Waals surface area contributed by atoms with Crippen molar-refractivity contribution in [2.45, 2.75) is 71.1 Å². The van der Waals surface area contributed by atoms with Crippen LogP contribution in [0.2, 0.25) is 0 Å². The van der Waals surface area contributed by atoms with Gasteiger partial charge >= 0.3 is 18.2 Å². The van der Waals surface area contributed by atoms with Gasteiger partial charge in [-0.1, -0.05) is 25.0 Å². The Labute approximate surface area is 315 Å². The third-order valence-corrected chi connectivity index (χ3v) is 8.01. The van der Waals surface area contributed by atoms with E-state index in [0.29, 0.717) is 36.8 Å². The van der Waals surface area contributed by atoms with Gasteiger partial charge in [-0.2, -0.15) is 13.2 Å². The number of carbonyl (C=O) groups excluding carboxylic acids is 2. The minimum absolute atomic E-state index is 0.117. The minimum Gasteiger partial charge on any atom is -0.492 e. The standard InChI is InChI=1S/C32H51N5O8S2.C2HF3O2/c1-32(2,3)45-31(39)34-21-18-30(38)33-20-8-6-7-9-22-37(23-19-26-10-12-27(13-11-26)35-46(4,40)41)24-25-44-29-16-14-28(15-17-29)36-47(5,42)43;3-2(4,5)1(6)7/h10-17,35-36H,6-9,18-25H2,1-5H3,(H,33,38)(H,34,39);(H,6,7). The zero-order valence-corrected chi connectivity index (χ0v) is 32.8. The molecule has 0 aliphatic heterocycles. The first-order valence-corrected chi connectivity index (χ1v) is 20.7. The van der Waals surface area contributed by atoms with Gasteiger partial charge in [0.15, 0.2) is 0 Å². The Balaban J connectivity index is 0.00000189. The molecule has 0 spiro atoms. The molecule has 54 heavy (non-hydrogen) atoms. The van der Waals surface area contributed by atoms with Gasteiger partial charge in [-0.15, -0.1) is 0 Å². The van der Waals surface area contributed by atoms with Crippen molar-refractivity contribution in [2.75, 3.05) is 61.3 Å². The van der Waals surface area contributed by atoms with Crippen LogP contribution < -0.4 is 24.8 Å². The molecular weight excluding hydrogens is 760 g/mol. The number of nitrogens with one attached hydrogen (secondary N) is 4. The highest BCUT2D eigenvalue weighted by molar-refractivity contribution is 7.92. The van der Waals surface area contributed by atoms with Gasteiger partial charge in [0.25, 0.3) is 0 Å². The van der Waals surface area contributed by atoms with Gasteiger partial charge in [0.05, 0.1) is 12.5 Å². The lowest BCUT2D eigenvalue weighted by Crippen LogP contribution is -2.35. The molecule has 2 aromatic carbocycles. The summed E-state index contributed by atoms with van der Waals surface area (Å²) >= 11 is 0. The number of carboxylic acid groups (broad SMARTS) is 1. The quantitative estimate of drug-likeness (QED) is 0.110. The number of benzene rings is 2. The SMILES string of the molecule is CC(C)(C)OC(=O)NCCC(=O)NCCCCCCN(CCOc1ccc(NS(C)(=O)=O)cc1)CCc1ccc(NS(C)(=O)=O)cc1.O=C(O)C(F)(F)F. The fourth-order valence-electron chi connectivity index (χ4n) is 4.42. The summed E-state index contributed by atoms with van der Waals surface area (Å²) in [5.41, 5.74) is 1.49. The number of alkyl carbamates (subject to hydrolysis) is 1. The van der Waals surface area contributed by atoms with Crippen molar-refractivity contribution in [1.82, 2.24) is 15.5 Å². The molecule has 0 heterocycles. The number of hydrogen-bond acceptors (Lipinski definition) is 10. The normalized spacial score (nSPS) is 11.9. The van der Waals surface area contributed by atoms with Crippen molar-refractivity contribution in [2.24, 2.45) is 0 Å². The van der Waals surface area contributed by atoms with Crippen molar-refractivity contribution >= 4 is 49.4 Å². The van der Waals surface area contributed by atoms with Crippen LogP contribution in [0.3, 0.4) is 0 Å². The van der Waals surface area contributed by atoms with E-state index in [4.69, 9.17) is 19.4 Å². The molecule has 0 saturated carbocycles. The molecule has 2 rings (SSSR count). The molecule has 20 heteroatoms. The third-order valence-electron chi connectivity index (χ3n) is 6.79. The van der Waals surface area contributed by atoms with E-state index in [2.05, 4.69) is 25.0 Å². The Morgan fingerprint density at radius 1 is 0.741 bits per heavy atom. The molecule has 0 atom stereocenters. The Kier molecular flexibility index (Phi) is 20.2. The molecule has 2 amide bonds. The zero-order valence-electron chi connectivity index (χ0n) is 31.1. The Bertz CT molecular complexity index is 1670. The average Bonchev–Trinajstić information content (AvgIpc) is 3.02. The summed E-state index contributed by atoms with van der Waals surface area (Å²) in [6, 6.07) is 14.1. The van der Waals surface area contributed by atoms with Crippen molar-refractivity contribution in [3.63, 3.8) is 0 Å². The molecule has 0 fully saturated rings. The number of hydrogen-bond donors (Lipinski definition) is 5. The van der Waals surface area contributed by atoms with Crippen LogP contribution >= 0.6 is 0 Å². The molecule has 0 aliphatic carbocycles. The first-order valence-electron chi connectivity index (χ1n) is 17.0. The lowest BCUT2D eigenvalue weighted by molar-refractivity contribution is -0.192. The smallest absolute Gasteiger partial charge is 0.490 e. The number of anilines is 2. The summed E-state index contributed by atoms with van der Waals surface area (Å²) in [6.45, 7) is 8.91. The number of carboxylic acids is 1. The number of unbranched alkanes of at least 4 members (excludes halogenated alkanes) is 3. The second kappa shape index (κ2) is 22.8. The summed E-state index contributed by atoms with van der Waals surface area (Å²) in [6.07, 6.45) is 1.34. The van der Waals surface area contributed by atoms with E-state index < -0.39 is 43.9 Å². The van der Waals surface area contributed by atoms with Crippen LogP contribution in [0.4, 0.5) is 29.3 Å². The summed E-state index contributed by atoms with van der Waals surface area (Å²) in [7, 11) is -6.69. The number of amides is 2. The van der Waals surface area contributed by atoms with Crippen molar-refractivity contribution in [3.8, 4) is 5.75 Å². The van der Waals surface area contributed by atoms with Gasteiger partial charge in [0.1, 0.15) is 18.0 Å². The van der Waals surface area contributed by atoms with Gasteiger partial charge in [0, 0.05) is 44.0 Å². The second-order valence-corrected chi connectivity index (χ2v) is 16.7. The third kappa shape index (κ3) is 25.6. The summed E-state index contributed by atoms with van der Waals surface area (Å²) in [4.78, 5) is 34.9. The van der Waals surface area contributed by atoms with Crippen LogP contribution in [-0.4, -0.2) is 108 Å². The van der Waals surface area contributed by atoms with Crippen molar-refractivity contribution in [1.29, 1.82) is 0 Å². The highest BCUT2D eigenvalue weighted by Crippen LogP contribution is 2.17. The average molecular weight is 812 g/mol. The van der Waals surface area contributed by atoms with Crippen LogP contribution in [0.25, 0.3) is 0 Å². The fraction of sp³-hybridized carbons (Fsp3) is 0.559. The number of nitrogens with zero attached hydrogens (tertiary/aromatic N) is 1. The Morgan fingerprint density at radius 3 is 1.76 bits per heavy atom. The molecule has 0 bridgehead atoms. The highest BCUT2D eigenvalue weighted by Gasteiger charge is 2.38. The number of alkyl halides is 3. The minimum atomic E-state index is -5.08. The molecule has 0 saturated heterocycles. The van der Waals surface area contributed by atoms with Gasteiger partial charge in [-0.3, -0.25) is 19.1 Å². The van der Waals surface area contributed by atoms with E-state index >= 15 is 0 Å². The molecule has 0 unspecified atom stereocenters. The Hall–Kier alpha value is -4.30. The molecule has 15 nitrogen and oxygen atoms in total. The highest BCUT2D eigenvalue weighted by atomic mass is 32.2. The maximum absolute atomic E-state index is 12.1. The molecule has 306 valence electrons. The van der Waals surface area contributed by atoms with Gasteiger partial charge in [-0.05, 0) is 88.5 Å². The van der Waals surface area contributed by atoms with Crippen LogP contribution in [0.15, 0.2) is 48.5 Å². The first kappa shape index (κ1) is 47.7. The molecular formula is C34H52F3N5O10S2. The number of aliphatic carboxylic acids is 1. The summed E-state index contributed by atoms with van der Waals surface area (Å²) < 4.78 is 93.6. The second-order valence-electron chi connectivity index (χ2n) is 13.2. The maximum Gasteiger partial charge on any atom is 0.490 e. The summed E-state index contributed by atoms with van der Waals surface area (Å²) in [5.74, 6) is -2.23. The van der Waals surface area contributed by atoms with Crippen LogP contribution in [0, 0.1) is 0 Å². The number of halogens is 3. The number of sulfonamides is 2. The Morgan fingerprint density at radius 2 is 1.26 bits per heavy atom. The molecule has 0 aliphatic rings. The molecule has 0 aromatic heterocycles. The molecule has 2 aromatic rings. The van der Waals surface area contributed by atoms with Crippen molar-refractivity contribution < 1.29 is 59.0 Å². The van der Waals surface area contributed by atoms with E-state index in [9.17, 15) is 39.6 Å². The topological polar surface area (TPSA) is 210 Å². The lowest BCUT2D eigenvalue weighted by atomic mass is 10.1. The van der Waals surface area contributed by atoms with Gasteiger partial charge in [0.2, 0.25) is 26.0 Å². The van der Waals surface area contributed by atoms with Crippen LogP contribution in [0.5, 0.6) is 5.75 Å². The van der Waals surface area contributed by atoms with Gasteiger partial charge < -0.3 is 25.2 Å². The first-order chi connectivity index (χ1) is 24.9. The predicted octanol–water partition coefficient (Wildman–Crippen LogP) is 4.58. The summed E-state index contributed by atoms with van der Waals surface area (Å²) in [5, 5.41) is 12.6. The van der Waals surface area contributed by atoms with Crippen LogP contribution in [-0.2, 0) is 40.8 Å². The van der Waals surface area contributed by atoms with E-state index in [1.807, 2.05) is 12.1 Å². The lowest BCUT2D eigenvalue weighted by Gasteiger charge is -2.22. The number of ether oxygens (including phenoxy) is 2. The largest absolute Gasteiger partial charge is 0.492 e. The van der Waals surface area contributed by atoms with E-state index in [-0.39, 0.29) is 18.9 Å². The number of carbonyl (C=O) groups is 3. The number of rotatable bonds is 21. The predicted molar refractivity (Wildman–Crippen MR) is 199 cm³/mol. The maximum atomic E-state index is 12.1. The van der Waals surface area contributed by atoms with E-state index in [0.717, 1.165) is 63.3 Å². The van der Waals surface area contributed by atoms with Crippen molar-refractivity contribution in [3.05, 3.63) is 54.1 Å². The molecule has 5 N–H and O–H groups in total.